The van der Waals surface area contributed by atoms with Crippen molar-refractivity contribution in [1.82, 2.24) is 19.6 Å². The maximum absolute atomic E-state index is 13.7. The van der Waals surface area contributed by atoms with Crippen molar-refractivity contribution in [3.63, 3.8) is 0 Å². The Labute approximate surface area is 165 Å². The number of carbonyl (C=O) groups excluding carboxylic acids is 1. The number of carbonyl (C=O) groups is 1. The van der Waals surface area contributed by atoms with Crippen LogP contribution in [0.15, 0.2) is 24.7 Å². The average Bonchev–Trinajstić information content (AvgIpc) is 3.12. The zero-order valence-corrected chi connectivity index (χ0v) is 16.0. The van der Waals surface area contributed by atoms with Crippen LogP contribution in [-0.2, 0) is 11.3 Å². The van der Waals surface area contributed by atoms with Crippen molar-refractivity contribution in [3.8, 4) is 11.6 Å². The highest BCUT2D eigenvalue weighted by atomic mass is 19.1. The van der Waals surface area contributed by atoms with E-state index in [2.05, 4.69) is 15.1 Å². The number of pyridine rings is 1. The van der Waals surface area contributed by atoms with Crippen LogP contribution in [0.25, 0.3) is 5.65 Å². The molecule has 10 heteroatoms. The largest absolute Gasteiger partial charge is 0.493 e. The monoisotopic (exact) mass is 401 g/mol. The number of fused-ring (bicyclic) bond motifs is 2. The fourth-order valence-corrected chi connectivity index (χ4v) is 3.31. The Morgan fingerprint density at radius 1 is 1.41 bits per heavy atom. The van der Waals surface area contributed by atoms with Gasteiger partial charge >= 0.3 is 5.97 Å². The number of aromatic nitrogens is 4. The molecule has 29 heavy (non-hydrogen) atoms. The molecule has 0 saturated carbocycles. The van der Waals surface area contributed by atoms with E-state index in [-0.39, 0.29) is 30.6 Å². The number of halogens is 1. The number of anilines is 1. The first-order valence-corrected chi connectivity index (χ1v) is 9.30. The lowest BCUT2D eigenvalue weighted by molar-refractivity contribution is 0.0528. The Balaban J connectivity index is 1.80. The Hall–Kier alpha value is -3.43. The highest BCUT2D eigenvalue weighted by Gasteiger charge is 2.30. The number of hydrogen-bond donors (Lipinski definition) is 1. The van der Waals surface area contributed by atoms with Crippen molar-refractivity contribution in [1.29, 1.82) is 0 Å². The highest BCUT2D eigenvalue weighted by Crippen LogP contribution is 2.35. The van der Waals surface area contributed by atoms with E-state index in [1.165, 1.54) is 16.8 Å². The fourth-order valence-electron chi connectivity index (χ4n) is 3.31. The third-order valence-corrected chi connectivity index (χ3v) is 4.80. The predicted molar refractivity (Wildman–Crippen MR) is 101 cm³/mol. The predicted octanol–water partition coefficient (Wildman–Crippen LogP) is 2.32. The van der Waals surface area contributed by atoms with Gasteiger partial charge in [-0.25, -0.2) is 23.7 Å². The van der Waals surface area contributed by atoms with E-state index in [0.717, 1.165) is 12.6 Å². The Bertz CT molecular complexity index is 1070. The summed E-state index contributed by atoms with van der Waals surface area (Å²) in [5, 5.41) is 14.2. The smallest absolute Gasteiger partial charge is 0.343 e. The van der Waals surface area contributed by atoms with Crippen LogP contribution in [0.5, 0.6) is 11.6 Å². The lowest BCUT2D eigenvalue weighted by Crippen LogP contribution is -2.43. The van der Waals surface area contributed by atoms with Crippen molar-refractivity contribution in [3.05, 3.63) is 41.6 Å². The van der Waals surface area contributed by atoms with Gasteiger partial charge in [0.15, 0.2) is 17.2 Å². The molecule has 9 nitrogen and oxygen atoms in total. The molecule has 0 fully saturated rings. The maximum Gasteiger partial charge on any atom is 0.343 e. The number of nitrogens with zero attached hydrogens (tertiary/aromatic N) is 5. The molecule has 0 aliphatic carbocycles. The van der Waals surface area contributed by atoms with E-state index in [1.54, 1.807) is 13.1 Å². The number of hydrogen-bond acceptors (Lipinski definition) is 8. The van der Waals surface area contributed by atoms with Crippen LogP contribution in [0.4, 0.5) is 10.2 Å². The Kier molecular flexibility index (Phi) is 4.91. The first kappa shape index (κ1) is 18.9. The lowest BCUT2D eigenvalue weighted by Gasteiger charge is -2.37. The quantitative estimate of drug-likeness (QED) is 0.650. The van der Waals surface area contributed by atoms with Gasteiger partial charge in [-0.05, 0) is 19.4 Å². The molecule has 0 aromatic carbocycles. The van der Waals surface area contributed by atoms with Crippen LogP contribution in [0.3, 0.4) is 0 Å². The van der Waals surface area contributed by atoms with E-state index < -0.39 is 11.8 Å². The minimum absolute atomic E-state index is 0.0610. The van der Waals surface area contributed by atoms with E-state index in [9.17, 15) is 14.3 Å². The number of ether oxygens (including phenoxy) is 2. The van der Waals surface area contributed by atoms with Crippen LogP contribution in [0.2, 0.25) is 0 Å². The van der Waals surface area contributed by atoms with Gasteiger partial charge in [-0.3, -0.25) is 0 Å². The molecule has 1 aliphatic heterocycles. The van der Waals surface area contributed by atoms with Gasteiger partial charge in [0.05, 0.1) is 37.8 Å². The molecule has 152 valence electrons. The van der Waals surface area contributed by atoms with Crippen molar-refractivity contribution < 1.29 is 23.8 Å². The third-order valence-electron chi connectivity index (χ3n) is 4.80. The second kappa shape index (κ2) is 7.53. The number of aromatic hydroxyl groups is 1. The molecule has 0 bridgehead atoms. The van der Waals surface area contributed by atoms with Gasteiger partial charge in [-0.2, -0.15) is 5.10 Å². The molecular formula is C19H20FN5O4. The second-order valence-electron chi connectivity index (χ2n) is 6.61. The fraction of sp³-hybridized carbons (Fsp3) is 0.368. The maximum atomic E-state index is 13.7. The van der Waals surface area contributed by atoms with Gasteiger partial charge in [-0.15, -0.1) is 0 Å². The summed E-state index contributed by atoms with van der Waals surface area (Å²) in [7, 11) is 0. The van der Waals surface area contributed by atoms with E-state index in [4.69, 9.17) is 9.47 Å². The number of esters is 1. The van der Waals surface area contributed by atoms with Gasteiger partial charge in [0.25, 0.3) is 0 Å². The summed E-state index contributed by atoms with van der Waals surface area (Å²) in [5.74, 6) is -0.345. The van der Waals surface area contributed by atoms with Crippen molar-refractivity contribution >= 4 is 17.4 Å². The van der Waals surface area contributed by atoms with E-state index in [1.807, 2.05) is 11.8 Å². The molecule has 3 aromatic rings. The van der Waals surface area contributed by atoms with Gasteiger partial charge < -0.3 is 19.5 Å². The molecule has 0 amide bonds. The zero-order chi connectivity index (χ0) is 20.5. The first-order chi connectivity index (χ1) is 14.0. The Morgan fingerprint density at radius 2 is 2.24 bits per heavy atom. The molecule has 0 saturated heterocycles. The molecular weight excluding hydrogens is 381 g/mol. The summed E-state index contributed by atoms with van der Waals surface area (Å²) in [6, 6.07) is 1.18. The SMILES string of the molecule is CCOC(=O)c1cnn2cc3c(nc12)N(Cc1cc(F)cnc1O)[C@H](CC)CO3. The van der Waals surface area contributed by atoms with Crippen LogP contribution >= 0.6 is 0 Å². The van der Waals surface area contributed by atoms with Crippen molar-refractivity contribution in [2.75, 3.05) is 18.1 Å². The van der Waals surface area contributed by atoms with Gasteiger partial charge in [0.2, 0.25) is 5.88 Å². The summed E-state index contributed by atoms with van der Waals surface area (Å²) in [5.41, 5.74) is 0.898. The van der Waals surface area contributed by atoms with E-state index in [0.29, 0.717) is 29.4 Å². The highest BCUT2D eigenvalue weighted by molar-refractivity contribution is 5.95. The molecule has 0 spiro atoms. The van der Waals surface area contributed by atoms with Gasteiger partial charge in [0, 0.05) is 5.56 Å². The molecule has 0 unspecified atom stereocenters. The van der Waals surface area contributed by atoms with Crippen LogP contribution in [0, 0.1) is 5.82 Å². The minimum atomic E-state index is -0.539. The molecule has 4 heterocycles. The molecule has 1 atom stereocenters. The molecule has 3 aromatic heterocycles. The minimum Gasteiger partial charge on any atom is -0.493 e. The normalized spacial score (nSPS) is 15.8. The van der Waals surface area contributed by atoms with Crippen LogP contribution in [0.1, 0.15) is 36.2 Å². The zero-order valence-electron chi connectivity index (χ0n) is 16.0. The van der Waals surface area contributed by atoms with Crippen molar-refractivity contribution in [2.24, 2.45) is 0 Å². The summed E-state index contributed by atoms with van der Waals surface area (Å²) < 4.78 is 26.0. The second-order valence-corrected chi connectivity index (χ2v) is 6.61. The summed E-state index contributed by atoms with van der Waals surface area (Å²) in [6.07, 6.45) is 4.74. The van der Waals surface area contributed by atoms with Gasteiger partial charge in [-0.1, -0.05) is 6.92 Å². The third kappa shape index (κ3) is 3.41. The molecule has 1 N–H and O–H groups in total. The van der Waals surface area contributed by atoms with Crippen LogP contribution in [-0.4, -0.2) is 49.9 Å². The summed E-state index contributed by atoms with van der Waals surface area (Å²) in [6.45, 7) is 4.53. The molecule has 0 radical (unpaired) electrons. The van der Waals surface area contributed by atoms with Crippen LogP contribution < -0.4 is 9.64 Å². The topological polar surface area (TPSA) is 102 Å². The lowest BCUT2D eigenvalue weighted by atomic mass is 10.1. The molecule has 1 aliphatic rings. The van der Waals surface area contributed by atoms with Crippen molar-refractivity contribution in [2.45, 2.75) is 32.9 Å². The number of rotatable bonds is 5. The van der Waals surface area contributed by atoms with Gasteiger partial charge in [0.1, 0.15) is 18.0 Å². The standard InChI is InChI=1S/C19H20FN5O4/c1-3-13-10-29-15-9-25-16(14(7-22-25)19(27)28-4-2)23-17(15)24(13)8-11-5-12(20)6-21-18(11)26/h5-7,9,13H,3-4,8,10H2,1-2H3,(H,21,26)/t13-/m1/s1. The summed E-state index contributed by atoms with van der Waals surface area (Å²) >= 11 is 0. The van der Waals surface area contributed by atoms with E-state index >= 15 is 0 Å². The average molecular weight is 401 g/mol. The Morgan fingerprint density at radius 3 is 3.00 bits per heavy atom. The molecule has 4 rings (SSSR count). The first-order valence-electron chi connectivity index (χ1n) is 9.30. The summed E-state index contributed by atoms with van der Waals surface area (Å²) in [4.78, 5) is 22.4.